The van der Waals surface area contributed by atoms with Gasteiger partial charge in [0.05, 0.1) is 24.2 Å². The monoisotopic (exact) mass is 263 g/mol. The Labute approximate surface area is 113 Å². The van der Waals surface area contributed by atoms with Crippen molar-refractivity contribution in [3.63, 3.8) is 0 Å². The van der Waals surface area contributed by atoms with Gasteiger partial charge in [-0.2, -0.15) is 0 Å². The van der Waals surface area contributed by atoms with Crippen LogP contribution in [0.2, 0.25) is 0 Å². The normalized spacial score (nSPS) is 25.8. The minimum Gasteiger partial charge on any atom is -0.385 e. The maximum atomic E-state index is 12.0. The van der Waals surface area contributed by atoms with Crippen LogP contribution in [0.4, 0.5) is 0 Å². The van der Waals surface area contributed by atoms with Crippen molar-refractivity contribution in [1.29, 1.82) is 0 Å². The summed E-state index contributed by atoms with van der Waals surface area (Å²) in [6.07, 6.45) is 0.936. The maximum absolute atomic E-state index is 12.0. The number of rotatable bonds is 4. The Morgan fingerprint density at radius 3 is 2.74 bits per heavy atom. The zero-order chi connectivity index (χ0) is 13.9. The molecule has 1 aliphatic heterocycles. The second-order valence-corrected chi connectivity index (χ2v) is 5.36. The van der Waals surface area contributed by atoms with Crippen LogP contribution < -0.4 is 5.32 Å². The van der Waals surface area contributed by atoms with Gasteiger partial charge in [0.1, 0.15) is 0 Å². The summed E-state index contributed by atoms with van der Waals surface area (Å²) in [4.78, 5) is 12.0. The SMILES string of the molecule is CC1OCCC1NC(=O)CC(C)(O)c1ccccc1. The number of carbonyl (C=O) groups excluding carboxylic acids is 1. The lowest BCUT2D eigenvalue weighted by Gasteiger charge is -2.25. The van der Waals surface area contributed by atoms with Gasteiger partial charge in [-0.05, 0) is 25.8 Å². The van der Waals surface area contributed by atoms with E-state index >= 15 is 0 Å². The average Bonchev–Trinajstić information content (AvgIpc) is 2.75. The quantitative estimate of drug-likeness (QED) is 0.867. The Kier molecular flexibility index (Phi) is 4.22. The lowest BCUT2D eigenvalue weighted by molar-refractivity contribution is -0.126. The van der Waals surface area contributed by atoms with Gasteiger partial charge < -0.3 is 15.2 Å². The van der Waals surface area contributed by atoms with Gasteiger partial charge in [0.15, 0.2) is 0 Å². The zero-order valence-electron chi connectivity index (χ0n) is 11.4. The Hall–Kier alpha value is -1.39. The molecule has 1 aromatic rings. The van der Waals surface area contributed by atoms with E-state index in [4.69, 9.17) is 4.74 Å². The van der Waals surface area contributed by atoms with Crippen LogP contribution in [0.3, 0.4) is 0 Å². The summed E-state index contributed by atoms with van der Waals surface area (Å²) in [6, 6.07) is 9.31. The molecular formula is C15H21NO3. The molecule has 4 heteroatoms. The van der Waals surface area contributed by atoms with Crippen molar-refractivity contribution >= 4 is 5.91 Å². The van der Waals surface area contributed by atoms with Crippen LogP contribution in [-0.4, -0.2) is 29.8 Å². The molecule has 4 nitrogen and oxygen atoms in total. The van der Waals surface area contributed by atoms with Crippen molar-refractivity contribution in [2.75, 3.05) is 6.61 Å². The number of amides is 1. The topological polar surface area (TPSA) is 58.6 Å². The smallest absolute Gasteiger partial charge is 0.223 e. The minimum atomic E-state index is -1.14. The van der Waals surface area contributed by atoms with Gasteiger partial charge in [-0.1, -0.05) is 30.3 Å². The molecule has 104 valence electrons. The summed E-state index contributed by atoms with van der Waals surface area (Å²) in [5.41, 5.74) is -0.394. The molecule has 0 spiro atoms. The fourth-order valence-electron chi connectivity index (χ4n) is 2.39. The molecular weight excluding hydrogens is 242 g/mol. The molecule has 1 aromatic carbocycles. The Morgan fingerprint density at radius 1 is 1.47 bits per heavy atom. The van der Waals surface area contributed by atoms with Crippen LogP contribution in [0.15, 0.2) is 30.3 Å². The maximum Gasteiger partial charge on any atom is 0.223 e. The van der Waals surface area contributed by atoms with Gasteiger partial charge in [0, 0.05) is 6.61 Å². The molecule has 0 saturated carbocycles. The lowest BCUT2D eigenvalue weighted by atomic mass is 9.92. The van der Waals surface area contributed by atoms with E-state index in [1.54, 1.807) is 6.92 Å². The van der Waals surface area contributed by atoms with E-state index in [2.05, 4.69) is 5.32 Å². The first-order valence-corrected chi connectivity index (χ1v) is 6.68. The van der Waals surface area contributed by atoms with E-state index in [1.807, 2.05) is 37.3 Å². The predicted molar refractivity (Wildman–Crippen MR) is 72.6 cm³/mol. The molecule has 0 aliphatic carbocycles. The van der Waals surface area contributed by atoms with E-state index in [0.29, 0.717) is 6.61 Å². The molecule has 1 heterocycles. The molecule has 1 amide bonds. The molecule has 2 N–H and O–H groups in total. The van der Waals surface area contributed by atoms with Crippen molar-refractivity contribution < 1.29 is 14.6 Å². The van der Waals surface area contributed by atoms with E-state index in [9.17, 15) is 9.90 Å². The molecule has 2 rings (SSSR count). The van der Waals surface area contributed by atoms with E-state index in [1.165, 1.54) is 0 Å². The minimum absolute atomic E-state index is 0.0469. The lowest BCUT2D eigenvalue weighted by Crippen LogP contribution is -2.42. The third kappa shape index (κ3) is 3.55. The third-order valence-electron chi connectivity index (χ3n) is 3.62. The zero-order valence-corrected chi connectivity index (χ0v) is 11.4. The van der Waals surface area contributed by atoms with Crippen LogP contribution in [0.1, 0.15) is 32.3 Å². The van der Waals surface area contributed by atoms with E-state index in [-0.39, 0.29) is 24.5 Å². The number of carbonyl (C=O) groups is 1. The summed E-state index contributed by atoms with van der Waals surface area (Å²) < 4.78 is 5.40. The van der Waals surface area contributed by atoms with Crippen molar-refractivity contribution in [2.24, 2.45) is 0 Å². The average molecular weight is 263 g/mol. The summed E-state index contributed by atoms with van der Waals surface area (Å²) in [6.45, 7) is 4.30. The highest BCUT2D eigenvalue weighted by atomic mass is 16.5. The van der Waals surface area contributed by atoms with Gasteiger partial charge in [-0.25, -0.2) is 0 Å². The van der Waals surface area contributed by atoms with Crippen molar-refractivity contribution in [3.8, 4) is 0 Å². The predicted octanol–water partition coefficient (Wildman–Crippen LogP) is 1.58. The van der Waals surface area contributed by atoms with Crippen LogP contribution in [-0.2, 0) is 15.1 Å². The first-order valence-electron chi connectivity index (χ1n) is 6.68. The number of hydrogen-bond acceptors (Lipinski definition) is 3. The second kappa shape index (κ2) is 5.72. The third-order valence-corrected chi connectivity index (χ3v) is 3.62. The van der Waals surface area contributed by atoms with Gasteiger partial charge in [0.2, 0.25) is 5.91 Å². The van der Waals surface area contributed by atoms with E-state index in [0.717, 1.165) is 12.0 Å². The molecule has 3 unspecified atom stereocenters. The van der Waals surface area contributed by atoms with Gasteiger partial charge in [-0.3, -0.25) is 4.79 Å². The fraction of sp³-hybridized carbons (Fsp3) is 0.533. The highest BCUT2D eigenvalue weighted by Gasteiger charge is 2.30. The van der Waals surface area contributed by atoms with Gasteiger partial charge in [0.25, 0.3) is 0 Å². The molecule has 1 aliphatic rings. The van der Waals surface area contributed by atoms with Gasteiger partial charge in [-0.15, -0.1) is 0 Å². The van der Waals surface area contributed by atoms with Crippen LogP contribution in [0.5, 0.6) is 0 Å². The highest BCUT2D eigenvalue weighted by Crippen LogP contribution is 2.24. The van der Waals surface area contributed by atoms with Crippen LogP contribution in [0.25, 0.3) is 0 Å². The molecule has 1 fully saturated rings. The number of benzene rings is 1. The number of ether oxygens (including phenoxy) is 1. The summed E-state index contributed by atoms with van der Waals surface area (Å²) in [7, 11) is 0. The summed E-state index contributed by atoms with van der Waals surface area (Å²) >= 11 is 0. The van der Waals surface area contributed by atoms with Crippen molar-refractivity contribution in [2.45, 2.75) is 44.4 Å². The largest absolute Gasteiger partial charge is 0.385 e. The number of nitrogens with one attached hydrogen (secondary N) is 1. The molecule has 0 bridgehead atoms. The second-order valence-electron chi connectivity index (χ2n) is 5.36. The highest BCUT2D eigenvalue weighted by molar-refractivity contribution is 5.77. The van der Waals surface area contributed by atoms with Crippen molar-refractivity contribution in [1.82, 2.24) is 5.32 Å². The Morgan fingerprint density at radius 2 is 2.16 bits per heavy atom. The molecule has 0 aromatic heterocycles. The molecule has 3 atom stereocenters. The van der Waals surface area contributed by atoms with E-state index < -0.39 is 5.60 Å². The van der Waals surface area contributed by atoms with Crippen LogP contribution in [0, 0.1) is 0 Å². The van der Waals surface area contributed by atoms with Crippen molar-refractivity contribution in [3.05, 3.63) is 35.9 Å². The number of hydrogen-bond donors (Lipinski definition) is 2. The van der Waals surface area contributed by atoms with Crippen LogP contribution >= 0.6 is 0 Å². The Balaban J connectivity index is 1.94. The Bertz CT molecular complexity index is 430. The fourth-order valence-corrected chi connectivity index (χ4v) is 2.39. The summed E-state index contributed by atoms with van der Waals surface area (Å²) in [5.74, 6) is -0.142. The number of aliphatic hydroxyl groups is 1. The summed E-state index contributed by atoms with van der Waals surface area (Å²) in [5, 5.41) is 13.3. The first-order chi connectivity index (χ1) is 8.99. The molecule has 19 heavy (non-hydrogen) atoms. The van der Waals surface area contributed by atoms with Gasteiger partial charge >= 0.3 is 0 Å². The standard InChI is InChI=1S/C15H21NO3/c1-11-13(8-9-19-11)16-14(17)10-15(2,18)12-6-4-3-5-7-12/h3-7,11,13,18H,8-10H2,1-2H3,(H,16,17). The molecule has 0 radical (unpaired) electrons. The molecule has 1 saturated heterocycles. The first kappa shape index (κ1) is 14.0.